The summed E-state index contributed by atoms with van der Waals surface area (Å²) < 4.78 is 5.14. The highest BCUT2D eigenvalue weighted by molar-refractivity contribution is 6.27. The fourth-order valence-electron chi connectivity index (χ4n) is 3.65. The molecule has 4 rings (SSSR count). The van der Waals surface area contributed by atoms with Gasteiger partial charge in [-0.15, -0.1) is 0 Å². The Kier molecular flexibility index (Phi) is 8.77. The van der Waals surface area contributed by atoms with Crippen molar-refractivity contribution in [3.05, 3.63) is 90.0 Å². The summed E-state index contributed by atoms with van der Waals surface area (Å²) in [6.45, 7) is 2.11. The quantitative estimate of drug-likeness (QED) is 0.539. The average molecular weight is 491 g/mol. The molecule has 3 aromatic rings. The Morgan fingerprint density at radius 2 is 1.00 bits per heavy atom. The Morgan fingerprint density at radius 3 is 1.39 bits per heavy atom. The minimum Gasteiger partial charge on any atom is -0.497 e. The monoisotopic (exact) mass is 490 g/mol. The molecule has 9 nitrogen and oxygen atoms in total. The Bertz CT molecular complexity index is 1190. The second-order valence-corrected chi connectivity index (χ2v) is 7.87. The number of carbonyl (C=O) groups is 4. The molecule has 2 amide bonds. The second kappa shape index (κ2) is 12.2. The first-order valence-electron chi connectivity index (χ1n) is 11.1. The van der Waals surface area contributed by atoms with Gasteiger partial charge in [-0.3, -0.25) is 9.59 Å². The SMILES string of the molecule is COc1ccc(C(=O)N2CCN(C(=O)c3ccc(-c4ccccc4)cc3)CC2)cc1.O=C(O)C(=O)O. The third-order valence-corrected chi connectivity index (χ3v) is 5.61. The van der Waals surface area contributed by atoms with Crippen LogP contribution in [0.3, 0.4) is 0 Å². The van der Waals surface area contributed by atoms with Crippen molar-refractivity contribution < 1.29 is 34.1 Å². The van der Waals surface area contributed by atoms with Gasteiger partial charge in [-0.25, -0.2) is 9.59 Å². The summed E-state index contributed by atoms with van der Waals surface area (Å²) in [4.78, 5) is 47.4. The highest BCUT2D eigenvalue weighted by atomic mass is 16.5. The van der Waals surface area contributed by atoms with Crippen molar-refractivity contribution in [2.45, 2.75) is 0 Å². The maximum Gasteiger partial charge on any atom is 0.414 e. The molecule has 0 radical (unpaired) electrons. The van der Waals surface area contributed by atoms with Crippen LogP contribution in [0.15, 0.2) is 78.9 Å². The predicted octanol–water partition coefficient (Wildman–Crippen LogP) is 3.12. The zero-order valence-corrected chi connectivity index (χ0v) is 19.7. The van der Waals surface area contributed by atoms with Gasteiger partial charge in [-0.1, -0.05) is 42.5 Å². The first kappa shape index (κ1) is 26.0. The van der Waals surface area contributed by atoms with E-state index in [0.717, 1.165) is 16.9 Å². The highest BCUT2D eigenvalue weighted by Gasteiger charge is 2.25. The summed E-state index contributed by atoms with van der Waals surface area (Å²) in [5, 5.41) is 14.8. The van der Waals surface area contributed by atoms with Crippen molar-refractivity contribution in [3.63, 3.8) is 0 Å². The molecule has 2 N–H and O–H groups in total. The molecule has 0 spiro atoms. The third kappa shape index (κ3) is 6.69. The first-order valence-corrected chi connectivity index (χ1v) is 11.1. The molecule has 1 heterocycles. The van der Waals surface area contributed by atoms with Crippen molar-refractivity contribution in [2.75, 3.05) is 33.3 Å². The lowest BCUT2D eigenvalue weighted by molar-refractivity contribution is -0.159. The molecule has 3 aromatic carbocycles. The van der Waals surface area contributed by atoms with Crippen LogP contribution in [0.2, 0.25) is 0 Å². The Morgan fingerprint density at radius 1 is 0.611 bits per heavy atom. The van der Waals surface area contributed by atoms with Crippen LogP contribution in [0.25, 0.3) is 11.1 Å². The van der Waals surface area contributed by atoms with Gasteiger partial charge in [0.15, 0.2) is 0 Å². The normalized spacial score (nSPS) is 12.7. The van der Waals surface area contributed by atoms with Crippen molar-refractivity contribution in [2.24, 2.45) is 0 Å². The van der Waals surface area contributed by atoms with Crippen molar-refractivity contribution in [1.82, 2.24) is 9.80 Å². The lowest BCUT2D eigenvalue weighted by Gasteiger charge is -2.35. The van der Waals surface area contributed by atoms with E-state index in [1.807, 2.05) is 47.4 Å². The molecule has 1 saturated heterocycles. The number of amides is 2. The number of carboxylic acids is 2. The zero-order valence-electron chi connectivity index (χ0n) is 19.7. The van der Waals surface area contributed by atoms with E-state index in [1.165, 1.54) is 0 Å². The number of rotatable bonds is 4. The number of benzene rings is 3. The Labute approximate surface area is 208 Å². The molecule has 1 aliphatic heterocycles. The summed E-state index contributed by atoms with van der Waals surface area (Å²) >= 11 is 0. The van der Waals surface area contributed by atoms with E-state index >= 15 is 0 Å². The summed E-state index contributed by atoms with van der Waals surface area (Å²) in [6, 6.07) is 24.9. The maximum absolute atomic E-state index is 12.9. The number of ether oxygens (including phenoxy) is 1. The fraction of sp³-hybridized carbons (Fsp3) is 0.185. The van der Waals surface area contributed by atoms with Gasteiger partial charge in [0.1, 0.15) is 5.75 Å². The van der Waals surface area contributed by atoms with Crippen LogP contribution in [-0.4, -0.2) is 77.1 Å². The topological polar surface area (TPSA) is 124 Å². The number of hydrogen-bond acceptors (Lipinski definition) is 5. The van der Waals surface area contributed by atoms with Gasteiger partial charge < -0.3 is 24.7 Å². The Hall–Kier alpha value is -4.66. The summed E-state index contributed by atoms with van der Waals surface area (Å²) in [6.07, 6.45) is 0. The van der Waals surface area contributed by atoms with Crippen molar-refractivity contribution >= 4 is 23.8 Å². The van der Waals surface area contributed by atoms with E-state index in [4.69, 9.17) is 24.5 Å². The molecule has 1 fully saturated rings. The highest BCUT2D eigenvalue weighted by Crippen LogP contribution is 2.20. The van der Waals surface area contributed by atoms with Crippen LogP contribution >= 0.6 is 0 Å². The fourth-order valence-corrected chi connectivity index (χ4v) is 3.65. The van der Waals surface area contributed by atoms with Crippen LogP contribution < -0.4 is 4.74 Å². The van der Waals surface area contributed by atoms with Gasteiger partial charge in [0.05, 0.1) is 7.11 Å². The molecular weight excluding hydrogens is 464 g/mol. The van der Waals surface area contributed by atoms with Crippen LogP contribution in [0.1, 0.15) is 20.7 Å². The molecule has 0 aliphatic carbocycles. The van der Waals surface area contributed by atoms with Gasteiger partial charge in [-0.05, 0) is 47.5 Å². The number of piperazine rings is 1. The lowest BCUT2D eigenvalue weighted by Crippen LogP contribution is -2.50. The maximum atomic E-state index is 12.9. The number of nitrogens with zero attached hydrogens (tertiary/aromatic N) is 2. The molecule has 0 saturated carbocycles. The summed E-state index contributed by atoms with van der Waals surface area (Å²) in [5.41, 5.74) is 3.51. The molecule has 186 valence electrons. The van der Waals surface area contributed by atoms with Gasteiger partial charge in [-0.2, -0.15) is 0 Å². The first-order chi connectivity index (χ1) is 17.3. The van der Waals surface area contributed by atoms with Crippen LogP contribution in [-0.2, 0) is 9.59 Å². The van der Waals surface area contributed by atoms with E-state index in [0.29, 0.717) is 37.3 Å². The Balaban J connectivity index is 0.000000538. The minimum absolute atomic E-state index is 0.00570. The standard InChI is InChI=1S/C25H24N2O3.C2H2O4/c1-30-23-13-11-22(12-14-23)25(29)27-17-15-26(16-18-27)24(28)21-9-7-20(8-10-21)19-5-3-2-4-6-19;3-1(4)2(5)6/h2-14H,15-18H2,1H3;(H,3,4)(H,5,6). The molecule has 9 heteroatoms. The molecule has 0 aromatic heterocycles. The van der Waals surface area contributed by atoms with Crippen LogP contribution in [0.4, 0.5) is 0 Å². The van der Waals surface area contributed by atoms with Gasteiger partial charge >= 0.3 is 11.9 Å². The molecule has 0 unspecified atom stereocenters. The number of methoxy groups -OCH3 is 1. The number of aliphatic carboxylic acids is 2. The van der Waals surface area contributed by atoms with Crippen molar-refractivity contribution in [1.29, 1.82) is 0 Å². The molecule has 0 atom stereocenters. The van der Waals surface area contributed by atoms with E-state index in [1.54, 1.807) is 36.3 Å². The minimum atomic E-state index is -1.82. The molecule has 36 heavy (non-hydrogen) atoms. The predicted molar refractivity (Wildman–Crippen MR) is 132 cm³/mol. The van der Waals surface area contributed by atoms with Crippen LogP contribution in [0, 0.1) is 0 Å². The summed E-state index contributed by atoms with van der Waals surface area (Å²) in [5.74, 6) is -2.94. The van der Waals surface area contributed by atoms with E-state index < -0.39 is 11.9 Å². The van der Waals surface area contributed by atoms with Crippen LogP contribution in [0.5, 0.6) is 5.75 Å². The van der Waals surface area contributed by atoms with E-state index in [2.05, 4.69) is 12.1 Å². The van der Waals surface area contributed by atoms with E-state index in [-0.39, 0.29) is 11.8 Å². The zero-order chi connectivity index (χ0) is 26.1. The number of hydrogen-bond donors (Lipinski definition) is 2. The summed E-state index contributed by atoms with van der Waals surface area (Å²) in [7, 11) is 1.60. The molecule has 0 bridgehead atoms. The number of carbonyl (C=O) groups excluding carboxylic acids is 2. The lowest BCUT2D eigenvalue weighted by atomic mass is 10.0. The number of carboxylic acid groups (broad SMARTS) is 2. The van der Waals surface area contributed by atoms with Gasteiger partial charge in [0, 0.05) is 37.3 Å². The smallest absolute Gasteiger partial charge is 0.414 e. The average Bonchev–Trinajstić information content (AvgIpc) is 2.93. The van der Waals surface area contributed by atoms with E-state index in [9.17, 15) is 9.59 Å². The molecular formula is C27H26N2O7. The van der Waals surface area contributed by atoms with Gasteiger partial charge in [0.25, 0.3) is 11.8 Å². The third-order valence-electron chi connectivity index (χ3n) is 5.61. The largest absolute Gasteiger partial charge is 0.497 e. The molecule has 1 aliphatic rings. The van der Waals surface area contributed by atoms with Gasteiger partial charge in [0.2, 0.25) is 0 Å². The second-order valence-electron chi connectivity index (χ2n) is 7.87. The van der Waals surface area contributed by atoms with Crippen molar-refractivity contribution in [3.8, 4) is 16.9 Å².